The fourth-order valence-electron chi connectivity index (χ4n) is 3.47. The molecule has 3 aromatic rings. The maximum atomic E-state index is 12.7. The van der Waals surface area contributed by atoms with Crippen LogP contribution in [-0.2, 0) is 19.5 Å². The van der Waals surface area contributed by atoms with E-state index in [0.29, 0.717) is 36.6 Å². The number of hydrogen-bond acceptors (Lipinski definition) is 5. The van der Waals surface area contributed by atoms with Gasteiger partial charge in [-0.05, 0) is 11.6 Å². The molecule has 0 amide bonds. The summed E-state index contributed by atoms with van der Waals surface area (Å²) in [6, 6.07) is 13.2. The number of methoxy groups -OCH3 is 1. The summed E-state index contributed by atoms with van der Waals surface area (Å²) in [4.78, 5) is 22.3. The lowest BCUT2D eigenvalue weighted by Crippen LogP contribution is -2.35. The van der Waals surface area contributed by atoms with Crippen LogP contribution >= 0.6 is 11.6 Å². The molecule has 1 aliphatic rings. The molecule has 0 unspecified atom stereocenters. The second-order valence-electron chi connectivity index (χ2n) is 6.76. The Labute approximate surface area is 167 Å². The van der Waals surface area contributed by atoms with Gasteiger partial charge in [-0.2, -0.15) is 0 Å². The number of benzene rings is 2. The van der Waals surface area contributed by atoms with E-state index in [2.05, 4.69) is 14.9 Å². The first-order chi connectivity index (χ1) is 13.6. The highest BCUT2D eigenvalue weighted by Crippen LogP contribution is 2.37. The molecular formula is C21H20ClN3O3. The van der Waals surface area contributed by atoms with E-state index >= 15 is 0 Å². The molecule has 0 bridgehead atoms. The fraction of sp³-hybridized carbons (Fsp3) is 0.238. The zero-order valence-corrected chi connectivity index (χ0v) is 16.2. The Kier molecular flexibility index (Phi) is 5.07. The zero-order chi connectivity index (χ0) is 19.7. The van der Waals surface area contributed by atoms with Gasteiger partial charge in [-0.15, -0.1) is 0 Å². The molecule has 0 fully saturated rings. The van der Waals surface area contributed by atoms with Gasteiger partial charge in [0.2, 0.25) is 0 Å². The van der Waals surface area contributed by atoms with Crippen molar-refractivity contribution in [3.63, 3.8) is 0 Å². The van der Waals surface area contributed by atoms with Crippen LogP contribution in [0.4, 0.5) is 0 Å². The van der Waals surface area contributed by atoms with Crippen LogP contribution in [0.25, 0.3) is 11.4 Å². The molecule has 7 heteroatoms. The molecule has 144 valence electrons. The van der Waals surface area contributed by atoms with E-state index in [1.165, 1.54) is 7.11 Å². The average Bonchev–Trinajstić information content (AvgIpc) is 2.72. The van der Waals surface area contributed by atoms with Crippen molar-refractivity contribution in [2.45, 2.75) is 19.5 Å². The van der Waals surface area contributed by atoms with E-state index in [-0.39, 0.29) is 16.3 Å². The number of phenols is 1. The number of aromatic nitrogens is 2. The smallest absolute Gasteiger partial charge is 0.255 e. The van der Waals surface area contributed by atoms with Gasteiger partial charge in [0.1, 0.15) is 5.82 Å². The maximum Gasteiger partial charge on any atom is 0.255 e. The monoisotopic (exact) mass is 397 g/mol. The highest BCUT2D eigenvalue weighted by Gasteiger charge is 2.23. The van der Waals surface area contributed by atoms with Crippen LogP contribution in [0.5, 0.6) is 11.5 Å². The Hall–Kier alpha value is -2.83. The Morgan fingerprint density at radius 1 is 1.25 bits per heavy atom. The van der Waals surface area contributed by atoms with Crippen LogP contribution in [-0.4, -0.2) is 33.6 Å². The quantitative estimate of drug-likeness (QED) is 0.705. The van der Waals surface area contributed by atoms with Crippen LogP contribution in [0.2, 0.25) is 5.02 Å². The summed E-state index contributed by atoms with van der Waals surface area (Å²) in [5.74, 6) is 0.874. The molecule has 0 saturated heterocycles. The van der Waals surface area contributed by atoms with E-state index in [1.54, 1.807) is 6.07 Å². The van der Waals surface area contributed by atoms with Gasteiger partial charge in [0.15, 0.2) is 11.5 Å². The number of rotatable bonds is 4. The van der Waals surface area contributed by atoms with E-state index in [1.807, 2.05) is 36.4 Å². The first-order valence-electron chi connectivity index (χ1n) is 9.01. The van der Waals surface area contributed by atoms with E-state index in [0.717, 1.165) is 23.4 Å². The number of H-pyrrole nitrogens is 1. The minimum absolute atomic E-state index is 0.0638. The van der Waals surface area contributed by atoms with Crippen LogP contribution in [0.15, 0.2) is 47.3 Å². The van der Waals surface area contributed by atoms with Crippen molar-refractivity contribution in [3.8, 4) is 22.9 Å². The number of halogens is 1. The van der Waals surface area contributed by atoms with Crippen molar-refractivity contribution in [1.82, 2.24) is 14.9 Å². The predicted molar refractivity (Wildman–Crippen MR) is 108 cm³/mol. The highest BCUT2D eigenvalue weighted by atomic mass is 35.5. The van der Waals surface area contributed by atoms with Crippen molar-refractivity contribution < 1.29 is 9.84 Å². The molecule has 4 rings (SSSR count). The normalized spacial score (nSPS) is 13.9. The van der Waals surface area contributed by atoms with Crippen LogP contribution in [0, 0.1) is 0 Å². The Morgan fingerprint density at radius 3 is 2.79 bits per heavy atom. The zero-order valence-electron chi connectivity index (χ0n) is 15.4. The number of fused-ring (bicyclic) bond motifs is 1. The third-order valence-corrected chi connectivity index (χ3v) is 5.39. The number of nitrogens with zero attached hydrogens (tertiary/aromatic N) is 2. The number of phenolic OH excluding ortho intramolecular Hbond substituents is 1. The maximum absolute atomic E-state index is 12.7. The van der Waals surface area contributed by atoms with Crippen molar-refractivity contribution in [3.05, 3.63) is 74.7 Å². The molecule has 6 nitrogen and oxygen atoms in total. The van der Waals surface area contributed by atoms with Gasteiger partial charge in [0, 0.05) is 31.6 Å². The Bertz CT molecular complexity index is 1070. The Balaban J connectivity index is 1.58. The summed E-state index contributed by atoms with van der Waals surface area (Å²) < 4.78 is 5.08. The van der Waals surface area contributed by atoms with Crippen molar-refractivity contribution >= 4 is 11.6 Å². The van der Waals surface area contributed by atoms with E-state index in [4.69, 9.17) is 16.3 Å². The minimum Gasteiger partial charge on any atom is -0.503 e. The number of aromatic amines is 1. The summed E-state index contributed by atoms with van der Waals surface area (Å²) >= 11 is 6.28. The van der Waals surface area contributed by atoms with Gasteiger partial charge in [0.05, 0.1) is 23.4 Å². The first kappa shape index (κ1) is 18.5. The third kappa shape index (κ3) is 3.48. The average molecular weight is 398 g/mol. The lowest BCUT2D eigenvalue weighted by atomic mass is 10.0. The van der Waals surface area contributed by atoms with Gasteiger partial charge >= 0.3 is 0 Å². The van der Waals surface area contributed by atoms with Crippen LogP contribution in [0.1, 0.15) is 16.8 Å². The molecule has 28 heavy (non-hydrogen) atoms. The van der Waals surface area contributed by atoms with Gasteiger partial charge < -0.3 is 14.8 Å². The van der Waals surface area contributed by atoms with Gasteiger partial charge in [-0.1, -0.05) is 48.0 Å². The third-order valence-electron chi connectivity index (χ3n) is 4.97. The lowest BCUT2D eigenvalue weighted by Gasteiger charge is -2.28. The van der Waals surface area contributed by atoms with Crippen LogP contribution < -0.4 is 10.3 Å². The summed E-state index contributed by atoms with van der Waals surface area (Å²) in [6.07, 6.45) is 0.679. The second-order valence-corrected chi connectivity index (χ2v) is 7.13. The van der Waals surface area contributed by atoms with Crippen molar-refractivity contribution in [1.29, 1.82) is 0 Å². The molecule has 0 spiro atoms. The SMILES string of the molecule is COc1ccc(CN2CCc3nc(-c4ccccc4)[nH]c(=O)c3C2)c(Cl)c1O. The topological polar surface area (TPSA) is 78.5 Å². The number of nitrogens with one attached hydrogen (secondary N) is 1. The Morgan fingerprint density at radius 2 is 2.04 bits per heavy atom. The molecule has 0 atom stereocenters. The molecule has 2 heterocycles. The first-order valence-corrected chi connectivity index (χ1v) is 9.38. The predicted octanol–water partition coefficient (Wildman–Crippen LogP) is 3.36. The van der Waals surface area contributed by atoms with Crippen molar-refractivity contribution in [2.24, 2.45) is 0 Å². The number of aromatic hydroxyl groups is 1. The molecule has 0 saturated carbocycles. The molecule has 2 aromatic carbocycles. The molecule has 0 radical (unpaired) electrons. The van der Waals surface area contributed by atoms with Gasteiger partial charge in [-0.25, -0.2) is 4.98 Å². The highest BCUT2D eigenvalue weighted by molar-refractivity contribution is 6.33. The summed E-state index contributed by atoms with van der Waals surface area (Å²) in [6.45, 7) is 1.76. The van der Waals surface area contributed by atoms with Crippen LogP contribution in [0.3, 0.4) is 0 Å². The second kappa shape index (κ2) is 7.66. The molecule has 2 N–H and O–H groups in total. The molecule has 1 aliphatic heterocycles. The largest absolute Gasteiger partial charge is 0.503 e. The molecule has 0 aliphatic carbocycles. The minimum atomic E-state index is -0.114. The fourth-order valence-corrected chi connectivity index (χ4v) is 3.68. The summed E-state index contributed by atoms with van der Waals surface area (Å²) in [5, 5.41) is 10.4. The lowest BCUT2D eigenvalue weighted by molar-refractivity contribution is 0.241. The number of ether oxygens (including phenoxy) is 1. The van der Waals surface area contributed by atoms with E-state index < -0.39 is 0 Å². The van der Waals surface area contributed by atoms with E-state index in [9.17, 15) is 9.90 Å². The summed E-state index contributed by atoms with van der Waals surface area (Å²) in [7, 11) is 1.48. The number of hydrogen-bond donors (Lipinski definition) is 2. The standard InChI is InChI=1S/C21H20ClN3O3/c1-28-17-8-7-14(18(22)19(17)26)11-25-10-9-16-15(12-25)21(27)24-20(23-16)13-5-3-2-4-6-13/h2-8,26H,9-12H2,1H3,(H,23,24,27). The van der Waals surface area contributed by atoms with Gasteiger partial charge in [0.25, 0.3) is 5.56 Å². The summed E-state index contributed by atoms with van der Waals surface area (Å²) in [5.41, 5.74) is 3.08. The molecule has 1 aromatic heterocycles. The molecular weight excluding hydrogens is 378 g/mol. The van der Waals surface area contributed by atoms with Crippen molar-refractivity contribution in [2.75, 3.05) is 13.7 Å². The van der Waals surface area contributed by atoms with Gasteiger partial charge in [-0.3, -0.25) is 9.69 Å².